The van der Waals surface area contributed by atoms with Crippen molar-refractivity contribution in [3.05, 3.63) is 29.8 Å². The van der Waals surface area contributed by atoms with Crippen molar-refractivity contribution in [1.29, 1.82) is 0 Å². The number of pyridine rings is 1. The smallest absolute Gasteiger partial charge is 0.349 e. The topological polar surface area (TPSA) is 68.6 Å². The van der Waals surface area contributed by atoms with E-state index >= 15 is 0 Å². The Morgan fingerprint density at radius 1 is 1.56 bits per heavy atom. The number of nitrogens with zero attached hydrogens (tertiary/aromatic N) is 2. The molecule has 1 aromatic heterocycles. The van der Waals surface area contributed by atoms with Gasteiger partial charge in [-0.15, -0.1) is 0 Å². The van der Waals surface area contributed by atoms with Gasteiger partial charge in [0.05, 0.1) is 6.61 Å². The van der Waals surface area contributed by atoms with Crippen LogP contribution in [0.5, 0.6) is 0 Å². The molecule has 0 aliphatic carbocycles. The molecule has 16 heavy (non-hydrogen) atoms. The van der Waals surface area contributed by atoms with Gasteiger partial charge in [-0.05, 0) is 19.1 Å². The lowest BCUT2D eigenvalue weighted by Crippen LogP contribution is -2.08. The molecule has 0 aromatic carbocycles. The Kier molecular flexibility index (Phi) is 4.26. The standard InChI is InChI=1S/C10H9FN2O3/c1-2-16-9(14)6-12-10(15)7-4-3-5-8(11)13-7/h3-6H,2H2,1H3. The quantitative estimate of drug-likeness (QED) is 0.436. The second-order valence-corrected chi connectivity index (χ2v) is 2.66. The molecular formula is C10H9FN2O3. The van der Waals surface area contributed by atoms with Crippen LogP contribution in [0.1, 0.15) is 17.4 Å². The Morgan fingerprint density at radius 2 is 2.31 bits per heavy atom. The van der Waals surface area contributed by atoms with E-state index in [1.165, 1.54) is 12.1 Å². The molecule has 5 nitrogen and oxygen atoms in total. The minimum Gasteiger partial charge on any atom is -0.462 e. The summed E-state index contributed by atoms with van der Waals surface area (Å²) >= 11 is 0. The van der Waals surface area contributed by atoms with Crippen molar-refractivity contribution in [2.75, 3.05) is 6.61 Å². The summed E-state index contributed by atoms with van der Waals surface area (Å²) in [7, 11) is 0. The zero-order valence-electron chi connectivity index (χ0n) is 8.51. The first-order chi connectivity index (χ1) is 7.63. The molecule has 0 bridgehead atoms. The lowest BCUT2D eigenvalue weighted by Gasteiger charge is -1.95. The first-order valence-corrected chi connectivity index (χ1v) is 4.51. The molecule has 0 aliphatic rings. The van der Waals surface area contributed by atoms with Crippen molar-refractivity contribution in [2.24, 2.45) is 4.99 Å². The fourth-order valence-electron chi connectivity index (χ4n) is 0.884. The number of carbonyl (C=O) groups is 2. The number of hydrogen-bond donors (Lipinski definition) is 0. The summed E-state index contributed by atoms with van der Waals surface area (Å²) in [6.07, 6.45) is 0.735. The molecule has 1 rings (SSSR count). The molecule has 0 spiro atoms. The number of rotatable bonds is 3. The van der Waals surface area contributed by atoms with Crippen LogP contribution in [0.15, 0.2) is 23.2 Å². The highest BCUT2D eigenvalue weighted by Crippen LogP contribution is 1.99. The van der Waals surface area contributed by atoms with Gasteiger partial charge in [-0.25, -0.2) is 14.8 Å². The van der Waals surface area contributed by atoms with E-state index in [-0.39, 0.29) is 12.3 Å². The van der Waals surface area contributed by atoms with Gasteiger partial charge in [0.1, 0.15) is 11.9 Å². The highest BCUT2D eigenvalue weighted by Gasteiger charge is 2.06. The van der Waals surface area contributed by atoms with Gasteiger partial charge < -0.3 is 4.74 Å². The predicted molar refractivity (Wildman–Crippen MR) is 53.7 cm³/mol. The summed E-state index contributed by atoms with van der Waals surface area (Å²) in [5.74, 6) is -2.31. The van der Waals surface area contributed by atoms with Crippen LogP contribution in [0.25, 0.3) is 0 Å². The molecule has 0 N–H and O–H groups in total. The molecule has 84 valence electrons. The highest BCUT2D eigenvalue weighted by atomic mass is 19.1. The molecule has 0 saturated heterocycles. The third kappa shape index (κ3) is 3.56. The molecular weight excluding hydrogens is 215 g/mol. The number of halogens is 1. The Morgan fingerprint density at radius 3 is 2.94 bits per heavy atom. The Labute approximate surface area is 91.0 Å². The fraction of sp³-hybridized carbons (Fsp3) is 0.200. The van der Waals surface area contributed by atoms with E-state index in [9.17, 15) is 14.0 Å². The van der Waals surface area contributed by atoms with E-state index in [0.29, 0.717) is 0 Å². The van der Waals surface area contributed by atoms with Crippen molar-refractivity contribution < 1.29 is 18.7 Å². The molecule has 1 heterocycles. The van der Waals surface area contributed by atoms with Crippen molar-refractivity contribution in [3.63, 3.8) is 0 Å². The van der Waals surface area contributed by atoms with Gasteiger partial charge in [-0.3, -0.25) is 4.79 Å². The maximum Gasteiger partial charge on any atom is 0.349 e. The van der Waals surface area contributed by atoms with Gasteiger partial charge in [0.25, 0.3) is 5.91 Å². The van der Waals surface area contributed by atoms with E-state index in [1.54, 1.807) is 6.92 Å². The van der Waals surface area contributed by atoms with Crippen LogP contribution >= 0.6 is 0 Å². The van der Waals surface area contributed by atoms with E-state index in [2.05, 4.69) is 14.7 Å². The number of hydrogen-bond acceptors (Lipinski definition) is 4. The number of esters is 1. The summed E-state index contributed by atoms with van der Waals surface area (Å²) in [6.45, 7) is 1.82. The van der Waals surface area contributed by atoms with E-state index in [4.69, 9.17) is 0 Å². The minimum absolute atomic E-state index is 0.166. The van der Waals surface area contributed by atoms with Crippen molar-refractivity contribution in [2.45, 2.75) is 6.92 Å². The first kappa shape index (κ1) is 12.0. The maximum absolute atomic E-state index is 12.6. The largest absolute Gasteiger partial charge is 0.462 e. The molecule has 1 amide bonds. The molecule has 0 radical (unpaired) electrons. The zero-order valence-corrected chi connectivity index (χ0v) is 8.51. The van der Waals surface area contributed by atoms with Gasteiger partial charge >= 0.3 is 5.97 Å². The zero-order chi connectivity index (χ0) is 12.0. The Bertz CT molecular complexity index is 432. The third-order valence-corrected chi connectivity index (χ3v) is 1.51. The Hall–Kier alpha value is -2.11. The fourth-order valence-corrected chi connectivity index (χ4v) is 0.884. The third-order valence-electron chi connectivity index (χ3n) is 1.51. The number of carbonyl (C=O) groups excluding carboxylic acids is 2. The molecule has 0 atom stereocenters. The van der Waals surface area contributed by atoms with Crippen LogP contribution in [0.2, 0.25) is 0 Å². The SMILES string of the molecule is CCOC(=O)C=NC(=O)c1cccc(F)n1. The summed E-state index contributed by atoms with van der Waals surface area (Å²) in [5.41, 5.74) is -0.166. The lowest BCUT2D eigenvalue weighted by atomic mass is 10.3. The summed E-state index contributed by atoms with van der Waals surface area (Å²) < 4.78 is 17.2. The van der Waals surface area contributed by atoms with Crippen LogP contribution in [-0.4, -0.2) is 29.7 Å². The van der Waals surface area contributed by atoms with Crippen LogP contribution in [-0.2, 0) is 9.53 Å². The monoisotopic (exact) mass is 224 g/mol. The van der Waals surface area contributed by atoms with Crippen LogP contribution in [0.4, 0.5) is 4.39 Å². The molecule has 6 heteroatoms. The lowest BCUT2D eigenvalue weighted by molar-refractivity contribution is -0.134. The van der Waals surface area contributed by atoms with Crippen LogP contribution in [0, 0.1) is 5.95 Å². The van der Waals surface area contributed by atoms with Crippen LogP contribution in [0.3, 0.4) is 0 Å². The van der Waals surface area contributed by atoms with Crippen molar-refractivity contribution in [3.8, 4) is 0 Å². The van der Waals surface area contributed by atoms with Gasteiger partial charge in [0.2, 0.25) is 5.95 Å². The summed E-state index contributed by atoms with van der Waals surface area (Å²) in [5, 5.41) is 0. The summed E-state index contributed by atoms with van der Waals surface area (Å²) in [6, 6.07) is 3.73. The van der Waals surface area contributed by atoms with Crippen LogP contribution < -0.4 is 0 Å². The van der Waals surface area contributed by atoms with Gasteiger partial charge in [-0.2, -0.15) is 4.39 Å². The van der Waals surface area contributed by atoms with E-state index in [1.807, 2.05) is 0 Å². The van der Waals surface area contributed by atoms with Crippen molar-refractivity contribution in [1.82, 2.24) is 4.98 Å². The molecule has 0 saturated carbocycles. The number of amides is 1. The van der Waals surface area contributed by atoms with Gasteiger partial charge in [0, 0.05) is 0 Å². The summed E-state index contributed by atoms with van der Waals surface area (Å²) in [4.78, 5) is 28.7. The molecule has 0 unspecified atom stereocenters. The first-order valence-electron chi connectivity index (χ1n) is 4.51. The Balaban J connectivity index is 2.69. The van der Waals surface area contributed by atoms with Gasteiger partial charge in [-0.1, -0.05) is 6.07 Å². The maximum atomic E-state index is 12.6. The molecule has 0 aliphatic heterocycles. The number of aliphatic imine (C=N–C) groups is 1. The number of aromatic nitrogens is 1. The van der Waals surface area contributed by atoms with E-state index < -0.39 is 17.8 Å². The minimum atomic E-state index is -0.799. The van der Waals surface area contributed by atoms with E-state index in [0.717, 1.165) is 12.3 Å². The molecule has 1 aromatic rings. The second kappa shape index (κ2) is 5.69. The normalized spacial score (nSPS) is 10.4. The predicted octanol–water partition coefficient (Wildman–Crippen LogP) is 0.995. The molecule has 0 fully saturated rings. The number of ether oxygens (including phenoxy) is 1. The second-order valence-electron chi connectivity index (χ2n) is 2.66. The highest BCUT2D eigenvalue weighted by molar-refractivity contribution is 6.26. The van der Waals surface area contributed by atoms with Gasteiger partial charge in [0.15, 0.2) is 0 Å². The van der Waals surface area contributed by atoms with Crippen molar-refractivity contribution >= 4 is 18.1 Å². The average Bonchev–Trinajstić information content (AvgIpc) is 2.26. The average molecular weight is 224 g/mol.